The van der Waals surface area contributed by atoms with E-state index in [9.17, 15) is 9.59 Å². The summed E-state index contributed by atoms with van der Waals surface area (Å²) in [7, 11) is 0. The van der Waals surface area contributed by atoms with E-state index >= 15 is 0 Å². The Kier molecular flexibility index (Phi) is 4.99. The first-order chi connectivity index (χ1) is 9.59. The first kappa shape index (κ1) is 14.8. The Balaban J connectivity index is 1.80. The third-order valence-corrected chi connectivity index (χ3v) is 4.07. The number of hydrogen-bond donors (Lipinski definition) is 2. The molecule has 6 heteroatoms. The molecule has 0 aliphatic carbocycles. The van der Waals surface area contributed by atoms with Gasteiger partial charge in [-0.15, -0.1) is 0 Å². The predicted molar refractivity (Wildman–Crippen MR) is 75.4 cm³/mol. The molecule has 0 aromatic rings. The number of carbonyl (C=O) groups excluding carboxylic acids is 2. The molecular weight excluding hydrogens is 256 g/mol. The first-order valence-electron chi connectivity index (χ1n) is 7.12. The van der Waals surface area contributed by atoms with Gasteiger partial charge in [0.1, 0.15) is 0 Å². The average molecular weight is 278 g/mol. The fourth-order valence-corrected chi connectivity index (χ4v) is 2.99. The summed E-state index contributed by atoms with van der Waals surface area (Å²) in [5, 5.41) is 0. The van der Waals surface area contributed by atoms with Crippen molar-refractivity contribution >= 4 is 11.8 Å². The molecule has 4 N–H and O–H groups in total. The summed E-state index contributed by atoms with van der Waals surface area (Å²) in [4.78, 5) is 26.5. The summed E-state index contributed by atoms with van der Waals surface area (Å²) >= 11 is 0. The van der Waals surface area contributed by atoms with Gasteiger partial charge in [0.25, 0.3) is 0 Å². The summed E-state index contributed by atoms with van der Waals surface area (Å²) in [6.07, 6.45) is 3.64. The van der Waals surface area contributed by atoms with Crippen molar-refractivity contribution in [3.8, 4) is 11.8 Å². The zero-order valence-corrected chi connectivity index (χ0v) is 11.7. The molecule has 110 valence electrons. The maximum Gasteiger partial charge on any atom is 0.234 e. The summed E-state index contributed by atoms with van der Waals surface area (Å²) in [6.45, 7) is 2.86. The van der Waals surface area contributed by atoms with E-state index in [0.29, 0.717) is 13.1 Å². The van der Waals surface area contributed by atoms with E-state index in [4.69, 9.17) is 11.5 Å². The third-order valence-electron chi connectivity index (χ3n) is 4.07. The molecule has 2 fully saturated rings. The van der Waals surface area contributed by atoms with Crippen LogP contribution < -0.4 is 11.5 Å². The van der Waals surface area contributed by atoms with E-state index in [0.717, 1.165) is 38.8 Å². The maximum absolute atomic E-state index is 11.2. The monoisotopic (exact) mass is 278 g/mol. The Labute approximate surface area is 119 Å². The topological polar surface area (TPSA) is 92.7 Å². The first-order valence-corrected chi connectivity index (χ1v) is 7.12. The molecule has 20 heavy (non-hydrogen) atoms. The van der Waals surface area contributed by atoms with Crippen molar-refractivity contribution in [3.05, 3.63) is 0 Å². The lowest BCUT2D eigenvalue weighted by molar-refractivity contribution is -0.122. The number of nitrogens with zero attached hydrogens (tertiary/aromatic N) is 2. The molecule has 0 unspecified atom stereocenters. The quantitative estimate of drug-likeness (QED) is 0.638. The van der Waals surface area contributed by atoms with Gasteiger partial charge in [-0.05, 0) is 38.8 Å². The Morgan fingerprint density at radius 3 is 1.65 bits per heavy atom. The molecule has 2 rings (SSSR count). The summed E-state index contributed by atoms with van der Waals surface area (Å²) in [5.74, 6) is 5.61. The zero-order valence-electron chi connectivity index (χ0n) is 11.7. The highest BCUT2D eigenvalue weighted by Gasteiger charge is 2.29. The largest absolute Gasteiger partial charge is 0.368 e. The smallest absolute Gasteiger partial charge is 0.234 e. The van der Waals surface area contributed by atoms with Crippen LogP contribution in [-0.4, -0.2) is 59.9 Å². The second-order valence-corrected chi connectivity index (χ2v) is 5.42. The minimum Gasteiger partial charge on any atom is -0.368 e. The Morgan fingerprint density at radius 2 is 1.30 bits per heavy atom. The van der Waals surface area contributed by atoms with Crippen molar-refractivity contribution in [1.82, 2.24) is 9.80 Å². The Morgan fingerprint density at radius 1 is 0.900 bits per heavy atom. The van der Waals surface area contributed by atoms with Crippen molar-refractivity contribution in [3.63, 3.8) is 0 Å². The molecule has 2 aliphatic heterocycles. The summed E-state index contributed by atoms with van der Waals surface area (Å²) in [6, 6.07) is -0.344. The van der Waals surface area contributed by atoms with Gasteiger partial charge in [-0.2, -0.15) is 0 Å². The van der Waals surface area contributed by atoms with Crippen molar-refractivity contribution in [2.45, 2.75) is 37.8 Å². The van der Waals surface area contributed by atoms with Crippen molar-refractivity contribution in [2.24, 2.45) is 11.5 Å². The van der Waals surface area contributed by atoms with E-state index in [-0.39, 0.29) is 23.9 Å². The number of likely N-dealkylation sites (tertiary alicyclic amines) is 2. The lowest BCUT2D eigenvalue weighted by Gasteiger charge is -2.19. The standard InChI is InChI=1S/C14H22N4O2/c15-13(19)11-5-3-9-17(11)7-1-2-8-18-10-4-6-12(18)14(16)20/h11-12H,3-10H2,(H2,15,19)(H2,16,20)/t11-,12-/m0/s1. The van der Waals surface area contributed by atoms with E-state index in [1.54, 1.807) is 0 Å². The van der Waals surface area contributed by atoms with Gasteiger partial charge in [-0.1, -0.05) is 11.8 Å². The van der Waals surface area contributed by atoms with Gasteiger partial charge in [0, 0.05) is 0 Å². The Hall–Kier alpha value is -1.58. The number of nitrogens with two attached hydrogens (primary N) is 2. The number of carbonyl (C=O) groups is 2. The van der Waals surface area contributed by atoms with E-state index in [1.807, 2.05) is 9.80 Å². The number of rotatable bonds is 4. The normalized spacial score (nSPS) is 27.2. The molecule has 0 bridgehead atoms. The molecule has 2 saturated heterocycles. The van der Waals surface area contributed by atoms with Crippen LogP contribution in [0.25, 0.3) is 0 Å². The second-order valence-electron chi connectivity index (χ2n) is 5.42. The Bertz CT molecular complexity index is 402. The molecule has 0 saturated carbocycles. The van der Waals surface area contributed by atoms with Gasteiger partial charge >= 0.3 is 0 Å². The summed E-state index contributed by atoms with van der Waals surface area (Å²) in [5.41, 5.74) is 10.7. The number of hydrogen-bond acceptors (Lipinski definition) is 4. The van der Waals surface area contributed by atoms with Crippen molar-refractivity contribution in [1.29, 1.82) is 0 Å². The lowest BCUT2D eigenvalue weighted by atomic mass is 10.2. The van der Waals surface area contributed by atoms with Gasteiger partial charge in [0.15, 0.2) is 0 Å². The minimum absolute atomic E-state index is 0.172. The van der Waals surface area contributed by atoms with Crippen LogP contribution in [0.3, 0.4) is 0 Å². The van der Waals surface area contributed by atoms with Gasteiger partial charge < -0.3 is 11.5 Å². The average Bonchev–Trinajstić information content (AvgIpc) is 3.03. The lowest BCUT2D eigenvalue weighted by Crippen LogP contribution is -2.41. The molecule has 0 spiro atoms. The van der Waals surface area contributed by atoms with Crippen LogP contribution in [0.1, 0.15) is 25.7 Å². The molecule has 0 aromatic heterocycles. The predicted octanol–water partition coefficient (Wildman–Crippen LogP) is -1.11. The molecule has 0 aromatic carbocycles. The molecular formula is C14H22N4O2. The molecule has 2 atom stereocenters. The molecule has 0 radical (unpaired) electrons. The van der Waals surface area contributed by atoms with Crippen LogP contribution in [0, 0.1) is 11.8 Å². The molecule has 2 aliphatic rings. The highest BCUT2D eigenvalue weighted by molar-refractivity contribution is 5.80. The van der Waals surface area contributed by atoms with Crippen LogP contribution in [0.2, 0.25) is 0 Å². The van der Waals surface area contributed by atoms with Crippen LogP contribution in [0.15, 0.2) is 0 Å². The minimum atomic E-state index is -0.266. The number of amides is 2. The van der Waals surface area contributed by atoms with E-state index < -0.39 is 0 Å². The highest BCUT2D eigenvalue weighted by atomic mass is 16.2. The highest BCUT2D eigenvalue weighted by Crippen LogP contribution is 2.16. The van der Waals surface area contributed by atoms with E-state index in [1.165, 1.54) is 0 Å². The fourth-order valence-electron chi connectivity index (χ4n) is 2.99. The SMILES string of the molecule is NC(=O)[C@@H]1CCCN1CC#CCN1CCC[C@H]1C(N)=O. The van der Waals surface area contributed by atoms with Crippen molar-refractivity contribution in [2.75, 3.05) is 26.2 Å². The van der Waals surface area contributed by atoms with Crippen LogP contribution >= 0.6 is 0 Å². The second kappa shape index (κ2) is 6.73. The van der Waals surface area contributed by atoms with Crippen LogP contribution in [0.5, 0.6) is 0 Å². The maximum atomic E-state index is 11.2. The summed E-state index contributed by atoms with van der Waals surface area (Å²) < 4.78 is 0. The van der Waals surface area contributed by atoms with Gasteiger partial charge in [0.05, 0.1) is 25.2 Å². The fraction of sp³-hybridized carbons (Fsp3) is 0.714. The number of primary amides is 2. The van der Waals surface area contributed by atoms with Crippen LogP contribution in [0.4, 0.5) is 0 Å². The molecule has 2 heterocycles. The van der Waals surface area contributed by atoms with E-state index in [2.05, 4.69) is 11.8 Å². The van der Waals surface area contributed by atoms with Gasteiger partial charge in [-0.3, -0.25) is 19.4 Å². The van der Waals surface area contributed by atoms with Crippen molar-refractivity contribution < 1.29 is 9.59 Å². The molecule has 2 amide bonds. The van der Waals surface area contributed by atoms with Crippen LogP contribution in [-0.2, 0) is 9.59 Å². The molecule has 6 nitrogen and oxygen atoms in total. The van der Waals surface area contributed by atoms with Gasteiger partial charge in [-0.25, -0.2) is 0 Å². The third kappa shape index (κ3) is 3.50. The van der Waals surface area contributed by atoms with Gasteiger partial charge in [0.2, 0.25) is 11.8 Å². The zero-order chi connectivity index (χ0) is 14.5.